The first-order valence-corrected chi connectivity index (χ1v) is 30.5. The molecule has 0 radical (unpaired) electrons. The highest BCUT2D eigenvalue weighted by Crippen LogP contribution is 2.59. The summed E-state index contributed by atoms with van der Waals surface area (Å²) < 4.78 is 187. The van der Waals surface area contributed by atoms with Gasteiger partial charge in [-0.1, -0.05) is 117 Å². The number of aryl methyl sites for hydroxylation is 1. The predicted octanol–water partition coefficient (Wildman–Crippen LogP) is 17.7. The number of amides is 3. The van der Waals surface area contributed by atoms with Gasteiger partial charge in [0.25, 0.3) is 17.7 Å². The summed E-state index contributed by atoms with van der Waals surface area (Å²) in [7, 11) is 0. The number of alkyl halides is 12. The molecule has 0 bridgehead atoms. The second kappa shape index (κ2) is 22.2. The summed E-state index contributed by atoms with van der Waals surface area (Å²) in [4.78, 5) is 42.1. The maximum Gasteiger partial charge on any atom is 0.411 e. The molecule has 2 aliphatic heterocycles. The van der Waals surface area contributed by atoms with Crippen molar-refractivity contribution in [2.75, 3.05) is 4.90 Å². The van der Waals surface area contributed by atoms with E-state index in [1.165, 1.54) is 28.7 Å². The second-order valence-electron chi connectivity index (χ2n) is 29.1. The van der Waals surface area contributed by atoms with Crippen molar-refractivity contribution < 1.29 is 67.1 Å². The van der Waals surface area contributed by atoms with E-state index in [9.17, 15) is 14.4 Å². The summed E-state index contributed by atoms with van der Waals surface area (Å²) in [6, 6.07) is 15.3. The molecule has 502 valence electrons. The fourth-order valence-electron chi connectivity index (χ4n) is 14.7. The average Bonchev–Trinajstić information content (AvgIpc) is 1.69. The Balaban J connectivity index is 0.000000224. The summed E-state index contributed by atoms with van der Waals surface area (Å²) >= 11 is 0. The fourth-order valence-corrected chi connectivity index (χ4v) is 14.7. The number of carbonyl (C=O) groups excluding carboxylic acids is 3. The molecule has 0 saturated carbocycles. The van der Waals surface area contributed by atoms with Crippen LogP contribution in [0.5, 0.6) is 0 Å². The number of hydrogen-bond acceptors (Lipinski definition) is 3. The Labute approximate surface area is 544 Å². The molecule has 19 heteroatoms. The highest BCUT2D eigenvalue weighted by molar-refractivity contribution is 6.34. The molecule has 4 heterocycles. The van der Waals surface area contributed by atoms with Crippen molar-refractivity contribution in [3.63, 3.8) is 0 Å². The Bertz CT molecular complexity index is 4780. The van der Waals surface area contributed by atoms with Crippen molar-refractivity contribution in [3.8, 4) is 5.69 Å². The highest BCUT2D eigenvalue weighted by atomic mass is 19.4. The van der Waals surface area contributed by atoms with Gasteiger partial charge in [0, 0.05) is 70.8 Å². The summed E-state index contributed by atoms with van der Waals surface area (Å²) in [5, 5.41) is 2.62. The molecule has 0 aliphatic carbocycles. The van der Waals surface area contributed by atoms with Gasteiger partial charge < -0.3 is 14.0 Å². The van der Waals surface area contributed by atoms with E-state index >= 15 is 52.7 Å². The minimum Gasteiger partial charge on any atom is -0.336 e. The van der Waals surface area contributed by atoms with E-state index in [4.69, 9.17) is 0 Å². The van der Waals surface area contributed by atoms with Crippen LogP contribution in [-0.2, 0) is 27.2 Å². The van der Waals surface area contributed by atoms with Crippen LogP contribution in [0.2, 0.25) is 0 Å². The average molecular weight is 1320 g/mol. The number of halogens is 12. The Morgan fingerprint density at radius 2 is 0.747 bits per heavy atom. The van der Waals surface area contributed by atoms with Crippen molar-refractivity contribution in [2.24, 2.45) is 0 Å². The third-order valence-electron chi connectivity index (χ3n) is 18.9. The van der Waals surface area contributed by atoms with Gasteiger partial charge >= 0.3 is 24.7 Å². The molecule has 0 N–H and O–H groups in total. The van der Waals surface area contributed by atoms with Crippen molar-refractivity contribution in [2.45, 2.75) is 175 Å². The number of carbonyl (C=O) groups is 3. The van der Waals surface area contributed by atoms with E-state index in [1.807, 2.05) is 76.2 Å². The maximum absolute atomic E-state index is 15.4. The van der Waals surface area contributed by atoms with E-state index in [0.29, 0.717) is 45.7 Å². The van der Waals surface area contributed by atoms with Gasteiger partial charge in [-0.3, -0.25) is 14.4 Å². The molecule has 0 atom stereocenters. The molecule has 0 fully saturated rings. The molecule has 6 aromatic carbocycles. The quantitative estimate of drug-likeness (QED) is 0.123. The summed E-state index contributed by atoms with van der Waals surface area (Å²) in [5.74, 6) is -2.51. The number of aromatic nitrogens is 2. The molecule has 7 nitrogen and oxygen atoms in total. The van der Waals surface area contributed by atoms with Gasteiger partial charge in [0.15, 0.2) is 0 Å². The van der Waals surface area contributed by atoms with E-state index in [-0.39, 0.29) is 60.4 Å². The number of fused-ring (bicyclic) bond motifs is 4. The molecular weight excluding hydrogens is 1240 g/mol. The van der Waals surface area contributed by atoms with E-state index in [2.05, 4.69) is 53.7 Å². The lowest BCUT2D eigenvalue weighted by atomic mass is 9.71. The number of hydrogen-bond donors (Lipinski definition) is 0. The lowest BCUT2D eigenvalue weighted by Crippen LogP contribution is -2.54. The van der Waals surface area contributed by atoms with Gasteiger partial charge in [0.2, 0.25) is 10.8 Å². The van der Waals surface area contributed by atoms with Gasteiger partial charge in [0.1, 0.15) is 0 Å². The SMILES string of the molecule is C=C1c2cc(C(c3ccc4c(c3)C(=O)N(c3ccc(C)c(C(C)(C)C)c3)C4=O)(C(F)(F)F)C(F)(F)F)ccc2C(=O)N1C(C)(C)C.C=c1c2ccc(C(c3ccc4c(=C)n(C(C)(C)C)c(=C)c4c3)(C(F)(F)F)C(F)(F)F)cc2c(=C)n1-c1c(C)c(C)c(C(C)(C)C)c(C)c1C. The molecule has 2 aromatic heterocycles. The molecule has 10 rings (SSSR count). The highest BCUT2D eigenvalue weighted by Gasteiger charge is 2.74. The Hall–Kier alpha value is -8.61. The van der Waals surface area contributed by atoms with Gasteiger partial charge in [-0.05, 0) is 197 Å². The maximum atomic E-state index is 15.4. The zero-order valence-electron chi connectivity index (χ0n) is 56.2. The number of rotatable bonds is 6. The minimum atomic E-state index is -5.97. The fraction of sp³-hybridized carbons (Fsp3) is 0.355. The largest absolute Gasteiger partial charge is 0.411 e. The Morgan fingerprint density at radius 3 is 1.17 bits per heavy atom. The predicted molar refractivity (Wildman–Crippen MR) is 353 cm³/mol. The van der Waals surface area contributed by atoms with Gasteiger partial charge in [-0.2, -0.15) is 52.7 Å². The summed E-state index contributed by atoms with van der Waals surface area (Å²) in [6.45, 7) is 52.9. The normalized spacial score (nSPS) is 14.8. The molecule has 3 amide bonds. The van der Waals surface area contributed by atoms with Crippen LogP contribution in [0.1, 0.15) is 181 Å². The third-order valence-corrected chi connectivity index (χ3v) is 18.9. The van der Waals surface area contributed by atoms with E-state index in [1.54, 1.807) is 42.0 Å². The van der Waals surface area contributed by atoms with Crippen molar-refractivity contribution in [1.82, 2.24) is 14.0 Å². The van der Waals surface area contributed by atoms with Gasteiger partial charge in [-0.25, -0.2) is 4.90 Å². The van der Waals surface area contributed by atoms with Crippen LogP contribution >= 0.6 is 0 Å². The standard InChI is InChI=1S/C41H44F6N2.C35H32F6N2O3/c1-21-23(3)36(24(4)22(2)35(21)37(9,10)11)48-25(5)31-17-15-29(19-33(31)26(48)6)39(40(42,43)44,41(45,46)47)30-16-18-32-27(7)49(38(12,13)14)28(8)34(32)20-30;1-18-9-12-22(17-27(18)31(3,4)5)42-28(44)24-14-11-21(16-26(24)29(42)45)33(34(36,37)38,35(39,40)41)20-10-13-23-25(15-20)19(2)43(30(23)46)32(6,7)8/h15-20H,5-8H2,1-4,9-14H3;9-17H,2H2,1,3-8H3. The third kappa shape index (κ3) is 10.6. The van der Waals surface area contributed by atoms with Gasteiger partial charge in [-0.15, -0.1) is 0 Å². The molecule has 0 saturated heterocycles. The zero-order chi connectivity index (χ0) is 71.7. The second-order valence-corrected chi connectivity index (χ2v) is 29.1. The smallest absolute Gasteiger partial charge is 0.336 e. The Morgan fingerprint density at radius 1 is 0.368 bits per heavy atom. The number of benzene rings is 6. The minimum absolute atomic E-state index is 0.0364. The first-order chi connectivity index (χ1) is 43.1. The molecule has 0 unspecified atom stereocenters. The van der Waals surface area contributed by atoms with Crippen LogP contribution in [0.25, 0.3) is 59.2 Å². The van der Waals surface area contributed by atoms with Gasteiger partial charge in [0.05, 0.1) is 22.5 Å². The van der Waals surface area contributed by atoms with Crippen LogP contribution in [0.3, 0.4) is 0 Å². The topological polar surface area (TPSA) is 67.6 Å². The number of nitrogens with zero attached hydrogens (tertiary/aromatic N) is 4. The number of anilines is 1. The lowest BCUT2D eigenvalue weighted by molar-refractivity contribution is -0.290. The zero-order valence-corrected chi connectivity index (χ0v) is 56.2. The lowest BCUT2D eigenvalue weighted by Gasteiger charge is -2.38. The molecule has 8 aromatic rings. The van der Waals surface area contributed by atoms with Crippen LogP contribution in [0.15, 0.2) is 97.6 Å². The Kier molecular flexibility index (Phi) is 16.5. The summed E-state index contributed by atoms with van der Waals surface area (Å²) in [6.07, 6.45) is -23.5. The van der Waals surface area contributed by atoms with Crippen molar-refractivity contribution in [1.29, 1.82) is 0 Å². The first kappa shape index (κ1) is 70.7. The summed E-state index contributed by atoms with van der Waals surface area (Å²) in [5.41, 5.74) is -8.77. The van der Waals surface area contributed by atoms with E-state index in [0.717, 1.165) is 80.4 Å². The first-order valence-electron chi connectivity index (χ1n) is 30.5. The van der Waals surface area contributed by atoms with E-state index < -0.39 is 92.2 Å². The van der Waals surface area contributed by atoms with Crippen LogP contribution in [0, 0.1) is 34.6 Å². The van der Waals surface area contributed by atoms with Crippen LogP contribution in [0.4, 0.5) is 58.4 Å². The molecule has 0 spiro atoms. The molecule has 2 aliphatic rings. The molecular formula is C76H76F12N4O3. The van der Waals surface area contributed by atoms with Crippen molar-refractivity contribution in [3.05, 3.63) is 202 Å². The number of imide groups is 1. The van der Waals surface area contributed by atoms with Crippen LogP contribution < -0.4 is 26.3 Å². The molecule has 95 heavy (non-hydrogen) atoms. The van der Waals surface area contributed by atoms with Crippen molar-refractivity contribution >= 4 is 77.0 Å². The van der Waals surface area contributed by atoms with Crippen LogP contribution in [-0.4, -0.2) is 62.0 Å². The monoisotopic (exact) mass is 1320 g/mol.